The van der Waals surface area contributed by atoms with E-state index in [0.29, 0.717) is 54.5 Å². The molecule has 9 heteroatoms. The molecule has 0 radical (unpaired) electrons. The molecule has 1 aliphatic rings. The van der Waals surface area contributed by atoms with Gasteiger partial charge in [-0.3, -0.25) is 9.59 Å². The first-order valence-electron chi connectivity index (χ1n) is 10.2. The number of ether oxygens (including phenoxy) is 3. The molecule has 1 saturated heterocycles. The lowest BCUT2D eigenvalue weighted by molar-refractivity contribution is -0.120. The van der Waals surface area contributed by atoms with Crippen LogP contribution in [0.1, 0.15) is 27.6 Å². The van der Waals surface area contributed by atoms with Crippen molar-refractivity contribution < 1.29 is 28.6 Å². The molecule has 2 aromatic rings. The van der Waals surface area contributed by atoms with Gasteiger partial charge in [-0.2, -0.15) is 0 Å². The number of hydrogen-bond acceptors (Lipinski definition) is 7. The van der Waals surface area contributed by atoms with E-state index in [0.717, 1.165) is 0 Å². The molecule has 170 valence electrons. The van der Waals surface area contributed by atoms with E-state index in [1.54, 1.807) is 47.4 Å². The van der Waals surface area contributed by atoms with E-state index >= 15 is 0 Å². The minimum Gasteiger partial charge on any atom is -0.493 e. The summed E-state index contributed by atoms with van der Waals surface area (Å²) in [6, 6.07) is 11.8. The van der Waals surface area contributed by atoms with Gasteiger partial charge in [-0.05, 0) is 30.3 Å². The van der Waals surface area contributed by atoms with E-state index in [1.807, 2.05) is 5.01 Å². The highest BCUT2D eigenvalue weighted by molar-refractivity contribution is 6.01. The van der Waals surface area contributed by atoms with Gasteiger partial charge in [0.15, 0.2) is 11.5 Å². The van der Waals surface area contributed by atoms with Gasteiger partial charge in [-0.25, -0.2) is 14.8 Å². The van der Waals surface area contributed by atoms with Gasteiger partial charge < -0.3 is 19.1 Å². The molecule has 1 fully saturated rings. The number of amides is 2. The van der Waals surface area contributed by atoms with Crippen LogP contribution in [-0.2, 0) is 9.53 Å². The van der Waals surface area contributed by atoms with E-state index in [4.69, 9.17) is 14.2 Å². The molecular weight excluding hydrogens is 414 g/mol. The maximum absolute atomic E-state index is 13.0. The number of nitrogens with zero attached hydrogens (tertiary/aromatic N) is 3. The number of carbonyl (C=O) groups excluding carboxylic acids is 3. The van der Waals surface area contributed by atoms with Gasteiger partial charge in [0.2, 0.25) is 5.91 Å². The van der Waals surface area contributed by atoms with E-state index in [-0.39, 0.29) is 11.8 Å². The summed E-state index contributed by atoms with van der Waals surface area (Å²) in [5.74, 6) is 0.152. The summed E-state index contributed by atoms with van der Waals surface area (Å²) in [6.45, 7) is 3.12. The summed E-state index contributed by atoms with van der Waals surface area (Å²) >= 11 is 0. The highest BCUT2D eigenvalue weighted by atomic mass is 16.5. The Morgan fingerprint density at radius 2 is 1.53 bits per heavy atom. The summed E-state index contributed by atoms with van der Waals surface area (Å²) in [6.07, 6.45) is 0. The normalized spacial score (nSPS) is 13.9. The van der Waals surface area contributed by atoms with Gasteiger partial charge in [0.05, 0.1) is 32.6 Å². The minimum atomic E-state index is -0.519. The highest BCUT2D eigenvalue weighted by Gasteiger charge is 2.30. The fourth-order valence-electron chi connectivity index (χ4n) is 3.71. The minimum absolute atomic E-state index is 0.130. The van der Waals surface area contributed by atoms with Gasteiger partial charge in [0.25, 0.3) is 5.91 Å². The Morgan fingerprint density at radius 3 is 2.12 bits per heavy atom. The zero-order valence-corrected chi connectivity index (χ0v) is 18.7. The molecule has 1 aliphatic heterocycles. The molecule has 0 N–H and O–H groups in total. The van der Waals surface area contributed by atoms with Crippen LogP contribution in [0.3, 0.4) is 0 Å². The molecule has 32 heavy (non-hydrogen) atoms. The summed E-state index contributed by atoms with van der Waals surface area (Å²) in [4.78, 5) is 39.4. The zero-order valence-electron chi connectivity index (χ0n) is 18.7. The van der Waals surface area contributed by atoms with Gasteiger partial charge in [-0.15, -0.1) is 0 Å². The molecule has 0 aliphatic carbocycles. The second-order valence-corrected chi connectivity index (χ2v) is 7.16. The second kappa shape index (κ2) is 10.1. The van der Waals surface area contributed by atoms with Crippen LogP contribution in [0.15, 0.2) is 42.5 Å². The number of benzene rings is 2. The maximum Gasteiger partial charge on any atom is 0.340 e. The van der Waals surface area contributed by atoms with Crippen LogP contribution in [0.2, 0.25) is 0 Å². The predicted molar refractivity (Wildman–Crippen MR) is 118 cm³/mol. The van der Waals surface area contributed by atoms with Crippen LogP contribution in [0.5, 0.6) is 11.5 Å². The number of methoxy groups -OCH3 is 3. The number of esters is 1. The third kappa shape index (κ3) is 4.67. The Kier molecular flexibility index (Phi) is 7.32. The molecule has 9 nitrogen and oxygen atoms in total. The number of hydrogen-bond donors (Lipinski definition) is 0. The van der Waals surface area contributed by atoms with Crippen LogP contribution in [0, 0.1) is 0 Å². The van der Waals surface area contributed by atoms with E-state index in [2.05, 4.69) is 0 Å². The molecule has 0 aromatic heterocycles. The van der Waals surface area contributed by atoms with E-state index < -0.39 is 5.97 Å². The van der Waals surface area contributed by atoms with E-state index in [1.165, 1.54) is 33.3 Å². The Labute approximate surface area is 187 Å². The first kappa shape index (κ1) is 23.1. The average Bonchev–Trinajstić information content (AvgIpc) is 2.83. The number of anilines is 1. The lowest BCUT2D eigenvalue weighted by atomic mass is 10.1. The first-order valence-corrected chi connectivity index (χ1v) is 10.2. The van der Waals surface area contributed by atoms with Crippen LogP contribution in [0.25, 0.3) is 0 Å². The first-order chi connectivity index (χ1) is 15.4. The zero-order chi connectivity index (χ0) is 23.3. The smallest absolute Gasteiger partial charge is 0.340 e. The highest BCUT2D eigenvalue weighted by Crippen LogP contribution is 2.29. The van der Waals surface area contributed by atoms with Gasteiger partial charge >= 0.3 is 5.97 Å². The molecular formula is C23H27N3O6. The number of rotatable bonds is 6. The molecule has 3 rings (SSSR count). The lowest BCUT2D eigenvalue weighted by Crippen LogP contribution is -2.56. The standard InChI is InChI=1S/C23H27N3O6/c1-16(27)26(19-8-6-5-7-18(19)23(29)32-4)25-13-11-24(12-14-25)22(28)17-9-10-20(30-2)21(15-17)31-3/h5-10,15H,11-14H2,1-4H3. The molecule has 1 heterocycles. The van der Waals surface area contributed by atoms with E-state index in [9.17, 15) is 14.4 Å². The topological polar surface area (TPSA) is 88.6 Å². The lowest BCUT2D eigenvalue weighted by Gasteiger charge is -2.41. The number of hydrazine groups is 1. The van der Waals surface area contributed by atoms with Crippen molar-refractivity contribution in [1.29, 1.82) is 0 Å². The van der Waals surface area contributed by atoms with Crippen LogP contribution < -0.4 is 14.5 Å². The Morgan fingerprint density at radius 1 is 0.875 bits per heavy atom. The fourth-order valence-corrected chi connectivity index (χ4v) is 3.71. The molecule has 0 spiro atoms. The second-order valence-electron chi connectivity index (χ2n) is 7.16. The van der Waals surface area contributed by atoms with Gasteiger partial charge in [0, 0.05) is 38.7 Å². The molecule has 0 bridgehead atoms. The van der Waals surface area contributed by atoms with Crippen molar-refractivity contribution >= 4 is 23.5 Å². The van der Waals surface area contributed by atoms with Gasteiger partial charge in [0.1, 0.15) is 0 Å². The monoisotopic (exact) mass is 441 g/mol. The van der Waals surface area contributed by atoms with Crippen LogP contribution in [-0.4, -0.2) is 75.2 Å². The van der Waals surface area contributed by atoms with Crippen molar-refractivity contribution in [2.24, 2.45) is 0 Å². The quantitative estimate of drug-likeness (QED) is 0.635. The SMILES string of the molecule is COC(=O)c1ccccc1N(C(C)=O)N1CCN(C(=O)c2ccc(OC)c(OC)c2)CC1. The van der Waals surface area contributed by atoms with Gasteiger partial charge in [-0.1, -0.05) is 12.1 Å². The van der Waals surface area contributed by atoms with Crippen LogP contribution >= 0.6 is 0 Å². The number of piperazine rings is 1. The third-order valence-electron chi connectivity index (χ3n) is 5.29. The molecule has 0 unspecified atom stereocenters. The summed E-state index contributed by atoms with van der Waals surface area (Å²) in [7, 11) is 4.36. The van der Waals surface area contributed by atoms with Crippen molar-refractivity contribution in [2.75, 3.05) is 52.5 Å². The molecule has 2 aromatic carbocycles. The van der Waals surface area contributed by atoms with Crippen molar-refractivity contribution in [3.63, 3.8) is 0 Å². The average molecular weight is 441 g/mol. The van der Waals surface area contributed by atoms with Crippen LogP contribution in [0.4, 0.5) is 5.69 Å². The molecule has 2 amide bonds. The van der Waals surface area contributed by atoms with Crippen molar-refractivity contribution in [3.8, 4) is 11.5 Å². The Balaban J connectivity index is 1.76. The largest absolute Gasteiger partial charge is 0.493 e. The maximum atomic E-state index is 13.0. The summed E-state index contributed by atoms with van der Waals surface area (Å²) in [5.41, 5.74) is 1.25. The predicted octanol–water partition coefficient (Wildman–Crippen LogP) is 2.22. The number of para-hydroxylation sites is 1. The van der Waals surface area contributed by atoms with Crippen molar-refractivity contribution in [1.82, 2.24) is 9.91 Å². The third-order valence-corrected chi connectivity index (χ3v) is 5.29. The summed E-state index contributed by atoms with van der Waals surface area (Å²) < 4.78 is 15.4. The Bertz CT molecular complexity index is 1000. The summed E-state index contributed by atoms with van der Waals surface area (Å²) in [5, 5.41) is 3.31. The number of carbonyl (C=O) groups is 3. The van der Waals surface area contributed by atoms with Crippen molar-refractivity contribution in [2.45, 2.75) is 6.92 Å². The Hall–Kier alpha value is -3.59. The fraction of sp³-hybridized carbons (Fsp3) is 0.348. The molecule has 0 atom stereocenters. The molecule has 0 saturated carbocycles. The van der Waals surface area contributed by atoms with Crippen molar-refractivity contribution in [3.05, 3.63) is 53.6 Å².